The Bertz CT molecular complexity index is 310. The van der Waals surface area contributed by atoms with Gasteiger partial charge in [0, 0.05) is 29.9 Å². The molecule has 4 heteroatoms. The van der Waals surface area contributed by atoms with E-state index in [-0.39, 0.29) is 5.41 Å². The molecule has 0 spiro atoms. The first-order valence-corrected chi connectivity index (χ1v) is 6.93. The lowest BCUT2D eigenvalue weighted by Crippen LogP contribution is -2.36. The van der Waals surface area contributed by atoms with E-state index >= 15 is 0 Å². The van der Waals surface area contributed by atoms with Gasteiger partial charge >= 0.3 is 0 Å². The van der Waals surface area contributed by atoms with Gasteiger partial charge in [0.25, 0.3) is 0 Å². The second-order valence-electron chi connectivity index (χ2n) is 4.52. The summed E-state index contributed by atoms with van der Waals surface area (Å²) in [6, 6.07) is 4.10. The van der Waals surface area contributed by atoms with E-state index in [2.05, 4.69) is 37.5 Å². The summed E-state index contributed by atoms with van der Waals surface area (Å²) < 4.78 is 0.871. The van der Waals surface area contributed by atoms with Crippen LogP contribution in [0.2, 0.25) is 4.34 Å². The van der Waals surface area contributed by atoms with Crippen molar-refractivity contribution in [2.24, 2.45) is 0 Å². The van der Waals surface area contributed by atoms with Crippen LogP contribution in [0.5, 0.6) is 0 Å². The topological polar surface area (TPSA) is 24.1 Å². The molecule has 0 bridgehead atoms. The van der Waals surface area contributed by atoms with Gasteiger partial charge in [-0.2, -0.15) is 0 Å². The Morgan fingerprint density at radius 3 is 2.50 bits per heavy atom. The lowest BCUT2D eigenvalue weighted by Gasteiger charge is -2.23. The summed E-state index contributed by atoms with van der Waals surface area (Å²) in [6.45, 7) is 10.7. The number of hydrogen-bond acceptors (Lipinski definition) is 3. The molecule has 0 fully saturated rings. The third kappa shape index (κ3) is 4.42. The van der Waals surface area contributed by atoms with Gasteiger partial charge in [-0.25, -0.2) is 0 Å². The Kier molecular flexibility index (Phi) is 5.76. The number of nitrogens with one attached hydrogen (secondary N) is 2. The first-order chi connectivity index (χ1) is 7.56. The molecule has 0 aromatic carbocycles. The number of rotatable bonds is 7. The SMILES string of the molecule is CCNCCNCC(C)(C)c1ccc(Cl)s1. The molecular formula is C12H21ClN2S. The van der Waals surface area contributed by atoms with E-state index in [0.717, 1.165) is 30.5 Å². The lowest BCUT2D eigenvalue weighted by molar-refractivity contribution is 0.473. The zero-order valence-corrected chi connectivity index (χ0v) is 11.8. The van der Waals surface area contributed by atoms with E-state index < -0.39 is 0 Å². The van der Waals surface area contributed by atoms with Gasteiger partial charge in [-0.15, -0.1) is 11.3 Å². The number of hydrogen-bond donors (Lipinski definition) is 2. The fourth-order valence-corrected chi connectivity index (χ4v) is 2.66. The van der Waals surface area contributed by atoms with Crippen molar-refractivity contribution < 1.29 is 0 Å². The summed E-state index contributed by atoms with van der Waals surface area (Å²) >= 11 is 7.63. The highest BCUT2D eigenvalue weighted by Crippen LogP contribution is 2.31. The molecule has 0 saturated heterocycles. The van der Waals surface area contributed by atoms with E-state index in [0.29, 0.717) is 0 Å². The van der Waals surface area contributed by atoms with Crippen molar-refractivity contribution in [2.45, 2.75) is 26.2 Å². The molecule has 2 N–H and O–H groups in total. The fourth-order valence-electron chi connectivity index (χ4n) is 1.52. The predicted molar refractivity (Wildman–Crippen MR) is 73.8 cm³/mol. The van der Waals surface area contributed by atoms with Crippen LogP contribution in [-0.2, 0) is 5.41 Å². The summed E-state index contributed by atoms with van der Waals surface area (Å²) in [6.07, 6.45) is 0. The third-order valence-corrected chi connectivity index (χ3v) is 4.13. The highest BCUT2D eigenvalue weighted by Gasteiger charge is 2.21. The van der Waals surface area contributed by atoms with Gasteiger partial charge in [0.05, 0.1) is 4.34 Å². The molecule has 0 atom stereocenters. The molecular weight excluding hydrogens is 240 g/mol. The van der Waals surface area contributed by atoms with Crippen LogP contribution in [0, 0.1) is 0 Å². The van der Waals surface area contributed by atoms with Crippen LogP contribution in [-0.4, -0.2) is 26.2 Å². The summed E-state index contributed by atoms with van der Waals surface area (Å²) in [4.78, 5) is 1.34. The maximum absolute atomic E-state index is 5.96. The summed E-state index contributed by atoms with van der Waals surface area (Å²) in [7, 11) is 0. The van der Waals surface area contributed by atoms with Crippen LogP contribution >= 0.6 is 22.9 Å². The molecule has 1 rings (SSSR count). The Hall–Kier alpha value is -0.0900. The molecule has 2 nitrogen and oxygen atoms in total. The van der Waals surface area contributed by atoms with Crippen molar-refractivity contribution in [2.75, 3.05) is 26.2 Å². The normalized spacial score (nSPS) is 12.0. The van der Waals surface area contributed by atoms with Crippen molar-refractivity contribution in [3.8, 4) is 0 Å². The first kappa shape index (κ1) is 14.0. The molecule has 1 aromatic rings. The molecule has 0 aliphatic carbocycles. The molecule has 0 saturated carbocycles. The smallest absolute Gasteiger partial charge is 0.0931 e. The molecule has 0 unspecified atom stereocenters. The average Bonchev–Trinajstić information content (AvgIpc) is 2.65. The highest BCUT2D eigenvalue weighted by molar-refractivity contribution is 7.16. The summed E-state index contributed by atoms with van der Waals surface area (Å²) in [5.41, 5.74) is 0.157. The maximum Gasteiger partial charge on any atom is 0.0931 e. The third-order valence-electron chi connectivity index (χ3n) is 2.54. The van der Waals surface area contributed by atoms with Crippen molar-refractivity contribution in [1.82, 2.24) is 10.6 Å². The summed E-state index contributed by atoms with van der Waals surface area (Å²) in [5, 5.41) is 6.77. The lowest BCUT2D eigenvalue weighted by atomic mass is 9.91. The van der Waals surface area contributed by atoms with Crippen LogP contribution < -0.4 is 10.6 Å². The predicted octanol–water partition coefficient (Wildman–Crippen LogP) is 2.88. The molecule has 0 aliphatic heterocycles. The minimum absolute atomic E-state index is 0.157. The van der Waals surface area contributed by atoms with Crippen LogP contribution in [0.4, 0.5) is 0 Å². The van der Waals surface area contributed by atoms with Crippen molar-refractivity contribution in [3.63, 3.8) is 0 Å². The molecule has 92 valence electrons. The van der Waals surface area contributed by atoms with Crippen LogP contribution in [0.15, 0.2) is 12.1 Å². The van der Waals surface area contributed by atoms with Gasteiger partial charge in [0.1, 0.15) is 0 Å². The molecule has 0 amide bonds. The van der Waals surface area contributed by atoms with E-state index in [1.165, 1.54) is 4.88 Å². The molecule has 1 heterocycles. The molecule has 0 radical (unpaired) electrons. The quantitative estimate of drug-likeness (QED) is 0.737. The fraction of sp³-hybridized carbons (Fsp3) is 0.667. The van der Waals surface area contributed by atoms with Crippen LogP contribution in [0.3, 0.4) is 0 Å². The first-order valence-electron chi connectivity index (χ1n) is 5.73. The van der Waals surface area contributed by atoms with Gasteiger partial charge in [-0.1, -0.05) is 32.4 Å². The van der Waals surface area contributed by atoms with E-state index in [1.54, 1.807) is 11.3 Å². The molecule has 16 heavy (non-hydrogen) atoms. The summed E-state index contributed by atoms with van der Waals surface area (Å²) in [5.74, 6) is 0. The standard InChI is InChI=1S/C12H21ClN2S/c1-4-14-7-8-15-9-12(2,3)10-5-6-11(13)16-10/h5-6,14-15H,4,7-9H2,1-3H3. The monoisotopic (exact) mass is 260 g/mol. The van der Waals surface area contributed by atoms with Gasteiger partial charge in [0.2, 0.25) is 0 Å². The highest BCUT2D eigenvalue weighted by atomic mass is 35.5. The number of likely N-dealkylation sites (N-methyl/N-ethyl adjacent to an activating group) is 1. The number of halogens is 1. The van der Waals surface area contributed by atoms with Crippen molar-refractivity contribution in [3.05, 3.63) is 21.3 Å². The second kappa shape index (κ2) is 6.60. The van der Waals surface area contributed by atoms with Crippen molar-refractivity contribution >= 4 is 22.9 Å². The Labute approximate surface area is 107 Å². The Morgan fingerprint density at radius 1 is 1.25 bits per heavy atom. The van der Waals surface area contributed by atoms with E-state index in [9.17, 15) is 0 Å². The molecule has 0 aliphatic rings. The van der Waals surface area contributed by atoms with E-state index in [1.807, 2.05) is 6.07 Å². The van der Waals surface area contributed by atoms with Gasteiger partial charge in [0.15, 0.2) is 0 Å². The Balaban J connectivity index is 2.34. The van der Waals surface area contributed by atoms with Gasteiger partial charge < -0.3 is 10.6 Å². The van der Waals surface area contributed by atoms with Gasteiger partial charge in [-0.05, 0) is 18.7 Å². The Morgan fingerprint density at radius 2 is 1.94 bits per heavy atom. The second-order valence-corrected chi connectivity index (χ2v) is 6.23. The zero-order chi connectivity index (χ0) is 12.0. The van der Waals surface area contributed by atoms with Crippen LogP contribution in [0.1, 0.15) is 25.6 Å². The maximum atomic E-state index is 5.96. The average molecular weight is 261 g/mol. The van der Waals surface area contributed by atoms with Crippen LogP contribution in [0.25, 0.3) is 0 Å². The molecule has 1 aromatic heterocycles. The minimum atomic E-state index is 0.157. The zero-order valence-electron chi connectivity index (χ0n) is 10.3. The van der Waals surface area contributed by atoms with Gasteiger partial charge in [-0.3, -0.25) is 0 Å². The minimum Gasteiger partial charge on any atom is -0.316 e. The largest absolute Gasteiger partial charge is 0.316 e. The van der Waals surface area contributed by atoms with E-state index in [4.69, 9.17) is 11.6 Å². The number of thiophene rings is 1. The van der Waals surface area contributed by atoms with Crippen molar-refractivity contribution in [1.29, 1.82) is 0 Å².